The molecule has 4 rings (SSSR count). The fourth-order valence-electron chi connectivity index (χ4n) is 4.14. The summed E-state index contributed by atoms with van der Waals surface area (Å²) in [6.07, 6.45) is 8.42. The van der Waals surface area contributed by atoms with Crippen LogP contribution in [0.5, 0.6) is 0 Å². The maximum absolute atomic E-state index is 12.7. The highest BCUT2D eigenvalue weighted by Gasteiger charge is 2.36. The van der Waals surface area contributed by atoms with Crippen LogP contribution in [0, 0.1) is 0 Å². The van der Waals surface area contributed by atoms with Crippen LogP contribution in [0.25, 0.3) is 0 Å². The molecule has 7 nitrogen and oxygen atoms in total. The predicted octanol–water partition coefficient (Wildman–Crippen LogP) is 0.353. The number of nitrogens with zero attached hydrogens (tertiary/aromatic N) is 4. The van der Waals surface area contributed by atoms with Crippen molar-refractivity contribution in [3.63, 3.8) is 0 Å². The molecule has 1 aromatic rings. The van der Waals surface area contributed by atoms with Gasteiger partial charge in [-0.1, -0.05) is 12.8 Å². The molecule has 0 aromatic carbocycles. The summed E-state index contributed by atoms with van der Waals surface area (Å²) in [5.74, 6) is 1.27. The minimum Gasteiger partial charge on any atom is -0.374 e. The van der Waals surface area contributed by atoms with Crippen molar-refractivity contribution in [3.05, 3.63) is 12.2 Å². The van der Waals surface area contributed by atoms with E-state index in [4.69, 9.17) is 4.74 Å². The van der Waals surface area contributed by atoms with Crippen molar-refractivity contribution in [2.24, 2.45) is 0 Å². The molecule has 2 aliphatic heterocycles. The van der Waals surface area contributed by atoms with E-state index in [2.05, 4.69) is 20.3 Å². The van der Waals surface area contributed by atoms with E-state index in [1.54, 1.807) is 6.33 Å². The van der Waals surface area contributed by atoms with E-state index in [0.717, 1.165) is 44.6 Å². The van der Waals surface area contributed by atoms with Gasteiger partial charge in [0.2, 0.25) is 5.91 Å². The minimum absolute atomic E-state index is 0.217. The van der Waals surface area contributed by atoms with Crippen molar-refractivity contribution >= 4 is 5.91 Å². The Kier molecular flexibility index (Phi) is 4.31. The number of rotatable bonds is 3. The fourth-order valence-corrected chi connectivity index (χ4v) is 4.14. The highest BCUT2D eigenvalue weighted by Crippen LogP contribution is 2.28. The second kappa shape index (κ2) is 6.57. The quantitative estimate of drug-likeness (QED) is 0.870. The molecule has 3 aliphatic rings. The Hall–Kier alpha value is -1.47. The van der Waals surface area contributed by atoms with Crippen LogP contribution in [0.15, 0.2) is 6.33 Å². The maximum atomic E-state index is 12.7. The molecular formula is C16H25N5O2. The van der Waals surface area contributed by atoms with Gasteiger partial charge in [0.25, 0.3) is 0 Å². The topological polar surface area (TPSA) is 72.3 Å². The molecule has 2 fully saturated rings. The van der Waals surface area contributed by atoms with E-state index in [0.29, 0.717) is 25.2 Å². The third-order valence-electron chi connectivity index (χ3n) is 5.40. The van der Waals surface area contributed by atoms with Crippen LogP contribution >= 0.6 is 0 Å². The molecule has 3 atom stereocenters. The number of ether oxygens (including phenoxy) is 1. The van der Waals surface area contributed by atoms with Gasteiger partial charge >= 0.3 is 0 Å². The van der Waals surface area contributed by atoms with Crippen LogP contribution in [-0.4, -0.2) is 63.5 Å². The number of aromatic nitrogens is 3. The Bertz CT molecular complexity index is 558. The highest BCUT2D eigenvalue weighted by molar-refractivity contribution is 5.78. The molecule has 0 spiro atoms. The molecule has 7 heteroatoms. The van der Waals surface area contributed by atoms with Gasteiger partial charge in [-0.2, -0.15) is 5.10 Å². The minimum atomic E-state index is 0.217. The van der Waals surface area contributed by atoms with Crippen molar-refractivity contribution in [2.75, 3.05) is 19.7 Å². The average Bonchev–Trinajstić information content (AvgIpc) is 3.07. The molecule has 1 N–H and O–H groups in total. The second-order valence-electron chi connectivity index (χ2n) is 6.82. The Morgan fingerprint density at radius 1 is 1.35 bits per heavy atom. The van der Waals surface area contributed by atoms with Crippen molar-refractivity contribution in [2.45, 2.75) is 63.3 Å². The monoisotopic (exact) mass is 319 g/mol. The molecule has 1 saturated heterocycles. The predicted molar refractivity (Wildman–Crippen MR) is 83.8 cm³/mol. The van der Waals surface area contributed by atoms with Gasteiger partial charge in [-0.25, -0.2) is 9.67 Å². The number of fused-ring (bicyclic) bond motifs is 2. The van der Waals surface area contributed by atoms with E-state index in [9.17, 15) is 4.79 Å². The third-order valence-corrected chi connectivity index (χ3v) is 5.40. The number of carbonyl (C=O) groups excluding carboxylic acids is 1. The second-order valence-corrected chi connectivity index (χ2v) is 6.82. The molecule has 1 saturated carbocycles. The van der Waals surface area contributed by atoms with E-state index in [-0.39, 0.29) is 12.0 Å². The first kappa shape index (κ1) is 15.1. The number of hydrogen-bond donors (Lipinski definition) is 1. The van der Waals surface area contributed by atoms with Crippen LogP contribution < -0.4 is 5.32 Å². The molecule has 0 bridgehead atoms. The summed E-state index contributed by atoms with van der Waals surface area (Å²) >= 11 is 0. The van der Waals surface area contributed by atoms with Crippen LogP contribution in [0.3, 0.4) is 0 Å². The van der Waals surface area contributed by atoms with E-state index in [1.165, 1.54) is 12.8 Å². The SMILES string of the molecule is O=C(CNC1CCc2ncnn2C1)N1CCOC2CCCCC21. The smallest absolute Gasteiger partial charge is 0.236 e. The number of carbonyl (C=O) groups is 1. The van der Waals surface area contributed by atoms with Crippen LogP contribution in [0.4, 0.5) is 0 Å². The Balaban J connectivity index is 1.31. The molecule has 3 unspecified atom stereocenters. The zero-order valence-corrected chi connectivity index (χ0v) is 13.5. The summed E-state index contributed by atoms with van der Waals surface area (Å²) < 4.78 is 7.80. The van der Waals surface area contributed by atoms with Crippen LogP contribution in [-0.2, 0) is 22.5 Å². The van der Waals surface area contributed by atoms with Crippen molar-refractivity contribution < 1.29 is 9.53 Å². The van der Waals surface area contributed by atoms with Crippen LogP contribution in [0.2, 0.25) is 0 Å². The Labute approximate surface area is 136 Å². The molecule has 126 valence electrons. The molecule has 1 aromatic heterocycles. The number of morpholine rings is 1. The zero-order valence-electron chi connectivity index (χ0n) is 13.5. The molecule has 0 radical (unpaired) electrons. The van der Waals surface area contributed by atoms with Gasteiger partial charge < -0.3 is 15.0 Å². The van der Waals surface area contributed by atoms with Crippen molar-refractivity contribution in [1.82, 2.24) is 25.0 Å². The van der Waals surface area contributed by atoms with Gasteiger partial charge in [-0.05, 0) is 19.3 Å². The largest absolute Gasteiger partial charge is 0.374 e. The normalized spacial score (nSPS) is 30.6. The number of nitrogens with one attached hydrogen (secondary N) is 1. The summed E-state index contributed by atoms with van der Waals surface area (Å²) in [5, 5.41) is 7.66. The van der Waals surface area contributed by atoms with Crippen LogP contribution in [0.1, 0.15) is 37.9 Å². The first-order valence-electron chi connectivity index (χ1n) is 8.82. The van der Waals surface area contributed by atoms with Gasteiger partial charge in [-0.3, -0.25) is 4.79 Å². The maximum Gasteiger partial charge on any atom is 0.236 e. The molecule has 3 heterocycles. The van der Waals surface area contributed by atoms with Gasteiger partial charge in [0, 0.05) is 19.0 Å². The van der Waals surface area contributed by atoms with E-state index in [1.807, 2.05) is 4.68 Å². The zero-order chi connectivity index (χ0) is 15.6. The number of amides is 1. The standard InChI is InChI=1S/C16H25N5O2/c22-16(20-7-8-23-14-4-2-1-3-13(14)20)9-17-12-5-6-15-18-11-19-21(15)10-12/h11-14,17H,1-10H2. The number of hydrogen-bond acceptors (Lipinski definition) is 5. The summed E-state index contributed by atoms with van der Waals surface area (Å²) in [4.78, 5) is 19.0. The molecule has 1 amide bonds. The fraction of sp³-hybridized carbons (Fsp3) is 0.812. The first-order valence-corrected chi connectivity index (χ1v) is 8.82. The number of aryl methyl sites for hydroxylation is 1. The Morgan fingerprint density at radius 3 is 3.22 bits per heavy atom. The summed E-state index contributed by atoms with van der Waals surface area (Å²) in [5.41, 5.74) is 0. The summed E-state index contributed by atoms with van der Waals surface area (Å²) in [6.45, 7) is 2.63. The van der Waals surface area contributed by atoms with Gasteiger partial charge in [0.15, 0.2) is 0 Å². The lowest BCUT2D eigenvalue weighted by Crippen LogP contribution is -2.57. The highest BCUT2D eigenvalue weighted by atomic mass is 16.5. The summed E-state index contributed by atoms with van der Waals surface area (Å²) in [6, 6.07) is 0.594. The summed E-state index contributed by atoms with van der Waals surface area (Å²) in [7, 11) is 0. The van der Waals surface area contributed by atoms with Crippen molar-refractivity contribution in [3.8, 4) is 0 Å². The Morgan fingerprint density at radius 2 is 2.26 bits per heavy atom. The third kappa shape index (κ3) is 3.12. The first-order chi connectivity index (χ1) is 11.3. The average molecular weight is 319 g/mol. The van der Waals surface area contributed by atoms with Gasteiger partial charge in [0.05, 0.1) is 31.8 Å². The molecule has 1 aliphatic carbocycles. The van der Waals surface area contributed by atoms with Gasteiger partial charge in [-0.15, -0.1) is 0 Å². The molecular weight excluding hydrogens is 294 g/mol. The van der Waals surface area contributed by atoms with E-state index < -0.39 is 0 Å². The lowest BCUT2D eigenvalue weighted by Gasteiger charge is -2.44. The van der Waals surface area contributed by atoms with Crippen molar-refractivity contribution in [1.29, 1.82) is 0 Å². The van der Waals surface area contributed by atoms with E-state index >= 15 is 0 Å². The van der Waals surface area contributed by atoms with Gasteiger partial charge in [0.1, 0.15) is 12.2 Å². The lowest BCUT2D eigenvalue weighted by molar-refractivity contribution is -0.148. The molecule has 23 heavy (non-hydrogen) atoms. The lowest BCUT2D eigenvalue weighted by atomic mass is 9.90.